The molecule has 0 bridgehead atoms. The van der Waals surface area contributed by atoms with E-state index in [0.29, 0.717) is 5.75 Å². The van der Waals surface area contributed by atoms with Gasteiger partial charge in [0.15, 0.2) is 11.5 Å². The van der Waals surface area contributed by atoms with Crippen LogP contribution in [-0.4, -0.2) is 67.9 Å². The van der Waals surface area contributed by atoms with Crippen molar-refractivity contribution in [3.05, 3.63) is 83.4 Å². The molecule has 7 nitrogen and oxygen atoms in total. The summed E-state index contributed by atoms with van der Waals surface area (Å²) >= 11 is 0. The van der Waals surface area contributed by atoms with Crippen molar-refractivity contribution in [1.29, 1.82) is 0 Å². The van der Waals surface area contributed by atoms with Gasteiger partial charge in [0, 0.05) is 20.0 Å². The van der Waals surface area contributed by atoms with Crippen molar-refractivity contribution in [3.63, 3.8) is 0 Å². The van der Waals surface area contributed by atoms with Crippen molar-refractivity contribution in [1.82, 2.24) is 9.80 Å². The fraction of sp³-hybridized carbons (Fsp3) is 0.447. The van der Waals surface area contributed by atoms with Crippen LogP contribution in [0.4, 0.5) is 0 Å². The first-order valence-electron chi connectivity index (χ1n) is 16.7. The molecule has 0 N–H and O–H groups in total. The van der Waals surface area contributed by atoms with E-state index in [9.17, 15) is 4.79 Å². The highest BCUT2D eigenvalue weighted by molar-refractivity contribution is 5.99. The second-order valence-electron chi connectivity index (χ2n) is 12.4. The zero-order chi connectivity index (χ0) is 31.0. The van der Waals surface area contributed by atoms with Crippen LogP contribution in [0.2, 0.25) is 0 Å². The second-order valence-corrected chi connectivity index (χ2v) is 12.4. The number of carbonyl (C=O) groups is 1. The molecule has 7 heteroatoms. The predicted octanol–water partition coefficient (Wildman–Crippen LogP) is 7.43. The van der Waals surface area contributed by atoms with Gasteiger partial charge in [0.2, 0.25) is 6.79 Å². The van der Waals surface area contributed by atoms with Gasteiger partial charge in [-0.15, -0.1) is 0 Å². The van der Waals surface area contributed by atoms with Crippen LogP contribution < -0.4 is 18.9 Å². The highest BCUT2D eigenvalue weighted by atomic mass is 16.7. The molecule has 2 saturated heterocycles. The Balaban J connectivity index is 1.30. The lowest BCUT2D eigenvalue weighted by Crippen LogP contribution is -2.46. The van der Waals surface area contributed by atoms with E-state index in [1.165, 1.54) is 77.2 Å². The Morgan fingerprint density at radius 3 is 1.80 bits per heavy atom. The normalized spacial score (nSPS) is 17.7. The fourth-order valence-electron chi connectivity index (χ4n) is 6.87. The average Bonchev–Trinajstić information content (AvgIpc) is 3.54. The summed E-state index contributed by atoms with van der Waals surface area (Å²) < 4.78 is 23.4. The lowest BCUT2D eigenvalue weighted by molar-refractivity contribution is -0.131. The largest absolute Gasteiger partial charge is 0.488 e. The zero-order valence-electron chi connectivity index (χ0n) is 26.8. The maximum Gasteiger partial charge on any atom is 0.308 e. The van der Waals surface area contributed by atoms with E-state index in [0.717, 1.165) is 59.0 Å². The van der Waals surface area contributed by atoms with Crippen LogP contribution in [0, 0.1) is 0 Å². The van der Waals surface area contributed by atoms with Gasteiger partial charge < -0.3 is 18.9 Å². The van der Waals surface area contributed by atoms with Gasteiger partial charge in [-0.2, -0.15) is 0 Å². The molecule has 0 aromatic heterocycles. The monoisotopic (exact) mass is 610 g/mol. The van der Waals surface area contributed by atoms with Crippen molar-refractivity contribution in [2.24, 2.45) is 0 Å². The smallest absolute Gasteiger partial charge is 0.308 e. The molecule has 45 heavy (non-hydrogen) atoms. The van der Waals surface area contributed by atoms with E-state index in [-0.39, 0.29) is 18.9 Å². The van der Waals surface area contributed by atoms with E-state index < -0.39 is 0 Å². The maximum atomic E-state index is 11.5. The van der Waals surface area contributed by atoms with Crippen LogP contribution in [0.5, 0.6) is 23.0 Å². The molecule has 238 valence electrons. The van der Waals surface area contributed by atoms with Crippen LogP contribution >= 0.6 is 0 Å². The third-order valence-corrected chi connectivity index (χ3v) is 9.05. The van der Waals surface area contributed by atoms with E-state index in [2.05, 4.69) is 53.1 Å². The summed E-state index contributed by atoms with van der Waals surface area (Å²) in [6.45, 7) is 10.5. The highest BCUT2D eigenvalue weighted by Gasteiger charge is 2.23. The third kappa shape index (κ3) is 8.08. The molecule has 0 aliphatic carbocycles. The van der Waals surface area contributed by atoms with Gasteiger partial charge in [-0.25, -0.2) is 0 Å². The summed E-state index contributed by atoms with van der Waals surface area (Å²) in [6.07, 6.45) is 8.75. The number of carbonyl (C=O) groups excluding carboxylic acids is 1. The number of fused-ring (bicyclic) bond motifs is 1. The van der Waals surface area contributed by atoms with E-state index in [1.54, 1.807) is 0 Å². The first kappa shape index (κ1) is 31.2. The van der Waals surface area contributed by atoms with E-state index in [1.807, 2.05) is 30.3 Å². The molecule has 0 unspecified atom stereocenters. The number of hydrogen-bond acceptors (Lipinski definition) is 7. The van der Waals surface area contributed by atoms with Crippen molar-refractivity contribution in [3.8, 4) is 23.0 Å². The molecule has 0 amide bonds. The van der Waals surface area contributed by atoms with Crippen LogP contribution in [0.1, 0.15) is 75.5 Å². The molecule has 3 aliphatic heterocycles. The topological polar surface area (TPSA) is 60.5 Å². The van der Waals surface area contributed by atoms with Crippen molar-refractivity contribution in [2.75, 3.05) is 46.1 Å². The fourth-order valence-corrected chi connectivity index (χ4v) is 6.87. The molecule has 3 aromatic carbocycles. The molecule has 6 rings (SSSR count). The molecule has 3 aliphatic rings. The summed E-state index contributed by atoms with van der Waals surface area (Å²) in [4.78, 5) is 16.7. The number of esters is 1. The quantitative estimate of drug-likeness (QED) is 0.127. The number of nitrogens with zero attached hydrogens (tertiary/aromatic N) is 2. The predicted molar refractivity (Wildman–Crippen MR) is 178 cm³/mol. The Bertz CT molecular complexity index is 1430. The lowest BCUT2D eigenvalue weighted by Gasteiger charge is -2.34. The first-order valence-corrected chi connectivity index (χ1v) is 16.7. The molecule has 0 saturated carbocycles. The summed E-state index contributed by atoms with van der Waals surface area (Å²) in [5.41, 5.74) is 5.54. The van der Waals surface area contributed by atoms with E-state index >= 15 is 0 Å². The summed E-state index contributed by atoms with van der Waals surface area (Å²) in [5.74, 6) is 2.64. The Morgan fingerprint density at radius 2 is 1.24 bits per heavy atom. The van der Waals surface area contributed by atoms with Crippen LogP contribution in [0.3, 0.4) is 0 Å². The van der Waals surface area contributed by atoms with Gasteiger partial charge >= 0.3 is 5.97 Å². The number of ether oxygens (including phenoxy) is 4. The molecule has 3 aromatic rings. The van der Waals surface area contributed by atoms with Gasteiger partial charge in [0.1, 0.15) is 17.6 Å². The highest BCUT2D eigenvalue weighted by Crippen LogP contribution is 2.40. The van der Waals surface area contributed by atoms with Gasteiger partial charge in [-0.3, -0.25) is 14.6 Å². The van der Waals surface area contributed by atoms with Crippen molar-refractivity contribution in [2.45, 2.75) is 64.9 Å². The van der Waals surface area contributed by atoms with Crippen LogP contribution in [0.15, 0.2) is 66.7 Å². The molecule has 0 radical (unpaired) electrons. The zero-order valence-corrected chi connectivity index (χ0v) is 26.8. The van der Waals surface area contributed by atoms with Crippen LogP contribution in [0.25, 0.3) is 11.1 Å². The van der Waals surface area contributed by atoms with Crippen molar-refractivity contribution < 1.29 is 23.7 Å². The Morgan fingerprint density at radius 1 is 0.711 bits per heavy atom. The molecule has 0 spiro atoms. The average molecular weight is 611 g/mol. The molecule has 2 fully saturated rings. The SMILES string of the molecule is CCC(=C(c1ccc(OC(C)=O)cc1)c1ccc(OC(CN2CCCCC2)CN2CCCCC2)cc1)c1ccc2c(c1)OCO2. The first-order chi connectivity index (χ1) is 22.1. The minimum absolute atomic E-state index is 0.135. The Labute approximate surface area is 267 Å². The van der Waals surface area contributed by atoms with Gasteiger partial charge in [0.05, 0.1) is 0 Å². The number of hydrogen-bond donors (Lipinski definition) is 0. The minimum Gasteiger partial charge on any atom is -0.488 e. The Hall–Kier alpha value is -3.81. The number of allylic oxidation sites excluding steroid dienone is 1. The minimum atomic E-state index is -0.331. The third-order valence-electron chi connectivity index (χ3n) is 9.05. The summed E-state index contributed by atoms with van der Waals surface area (Å²) in [5, 5.41) is 0. The van der Waals surface area contributed by atoms with Gasteiger partial charge in [-0.05, 0) is 123 Å². The number of benzene rings is 3. The molecular weight excluding hydrogens is 564 g/mol. The molecule has 0 atom stereocenters. The molecule has 3 heterocycles. The second kappa shape index (κ2) is 15.0. The summed E-state index contributed by atoms with van der Waals surface area (Å²) in [6, 6.07) is 22.5. The number of rotatable bonds is 11. The molecular formula is C38H46N2O5. The van der Waals surface area contributed by atoms with Gasteiger partial charge in [0.25, 0.3) is 0 Å². The standard InChI is InChI=1S/C38H46N2O5/c1-3-35(31-14-19-36-37(24-31)43-27-42-36)38(29-10-15-32(16-11-29)44-28(2)41)30-12-17-33(18-13-30)45-34(25-39-20-6-4-7-21-39)26-40-22-8-5-9-23-40/h10-19,24,34H,3-9,20-23,25-27H2,1-2H3. The maximum absolute atomic E-state index is 11.5. The number of likely N-dealkylation sites (tertiary alicyclic amines) is 2. The van der Waals surface area contributed by atoms with Crippen LogP contribution in [-0.2, 0) is 4.79 Å². The van der Waals surface area contributed by atoms with E-state index in [4.69, 9.17) is 18.9 Å². The Kier molecular flexibility index (Phi) is 10.4. The number of piperidine rings is 2. The summed E-state index contributed by atoms with van der Waals surface area (Å²) in [7, 11) is 0. The lowest BCUT2D eigenvalue weighted by atomic mass is 9.88. The van der Waals surface area contributed by atoms with Gasteiger partial charge in [-0.1, -0.05) is 50.1 Å². The van der Waals surface area contributed by atoms with Crippen molar-refractivity contribution >= 4 is 17.1 Å².